The lowest BCUT2D eigenvalue weighted by molar-refractivity contribution is 0.285. The van der Waals surface area contributed by atoms with Gasteiger partial charge in [0.2, 0.25) is 10.0 Å². The van der Waals surface area contributed by atoms with Crippen LogP contribution in [0.3, 0.4) is 0 Å². The Hall–Kier alpha value is -1.67. The van der Waals surface area contributed by atoms with Crippen molar-refractivity contribution in [1.29, 1.82) is 0 Å². The van der Waals surface area contributed by atoms with Crippen LogP contribution in [-0.4, -0.2) is 47.6 Å². The Morgan fingerprint density at radius 3 is 2.10 bits per heavy atom. The fourth-order valence-corrected chi connectivity index (χ4v) is 5.80. The molecule has 1 aromatic rings. The van der Waals surface area contributed by atoms with Crippen molar-refractivity contribution in [2.24, 2.45) is 28.3 Å². The molecule has 0 radical (unpaired) electrons. The molecule has 2 aliphatic rings. The zero-order valence-corrected chi connectivity index (χ0v) is 21.6. The minimum atomic E-state index is -3.64. The average Bonchev–Trinajstić information content (AvgIpc) is 3.15. The molecule has 1 N–H and O–H groups in total. The van der Waals surface area contributed by atoms with E-state index in [1.165, 1.54) is 28.3 Å². The summed E-state index contributed by atoms with van der Waals surface area (Å²) >= 11 is 0. The van der Waals surface area contributed by atoms with Crippen molar-refractivity contribution in [2.75, 3.05) is 6.54 Å². The number of sulfonamides is 1. The van der Waals surface area contributed by atoms with Gasteiger partial charge in [-0.15, -0.1) is 0 Å². The SMILES string of the molecule is Cn1cc(S(=O)(=O)NC2CC3=C(C(C)(C)C)C(C(C)(C)C)N=C(C(C)(C)C)N3C2)cn1. The third-order valence-electron chi connectivity index (χ3n) is 5.87. The van der Waals surface area contributed by atoms with E-state index in [2.05, 4.69) is 77.0 Å². The molecule has 0 saturated carbocycles. The largest absolute Gasteiger partial charge is 0.332 e. The van der Waals surface area contributed by atoms with Crippen molar-refractivity contribution in [3.05, 3.63) is 23.7 Å². The van der Waals surface area contributed by atoms with Gasteiger partial charge in [0.1, 0.15) is 10.7 Å². The van der Waals surface area contributed by atoms with Gasteiger partial charge in [-0.05, 0) is 16.4 Å². The molecule has 1 aromatic heterocycles. The molecule has 2 aliphatic heterocycles. The fourth-order valence-electron chi connectivity index (χ4n) is 4.59. The highest BCUT2D eigenvalue weighted by atomic mass is 32.2. The number of aromatic nitrogens is 2. The summed E-state index contributed by atoms with van der Waals surface area (Å²) in [5, 5.41) is 4.01. The quantitative estimate of drug-likeness (QED) is 0.758. The van der Waals surface area contributed by atoms with Gasteiger partial charge in [0, 0.05) is 43.4 Å². The van der Waals surface area contributed by atoms with Crippen molar-refractivity contribution in [3.8, 4) is 0 Å². The Morgan fingerprint density at radius 2 is 1.65 bits per heavy atom. The first kappa shape index (κ1) is 24.0. The highest BCUT2D eigenvalue weighted by Gasteiger charge is 2.47. The number of nitrogens with one attached hydrogen (secondary N) is 1. The maximum atomic E-state index is 13.0. The molecule has 7 nitrogen and oxygen atoms in total. The average molecular weight is 450 g/mol. The maximum absolute atomic E-state index is 13.0. The van der Waals surface area contributed by atoms with Gasteiger partial charge in [-0.2, -0.15) is 5.10 Å². The summed E-state index contributed by atoms with van der Waals surface area (Å²) in [5.41, 5.74) is 2.29. The third kappa shape index (κ3) is 4.75. The van der Waals surface area contributed by atoms with Gasteiger partial charge in [-0.1, -0.05) is 62.3 Å². The van der Waals surface area contributed by atoms with Crippen LogP contribution in [0.25, 0.3) is 0 Å². The van der Waals surface area contributed by atoms with Crippen LogP contribution in [0.15, 0.2) is 33.6 Å². The van der Waals surface area contributed by atoms with Crippen molar-refractivity contribution in [3.63, 3.8) is 0 Å². The lowest BCUT2D eigenvalue weighted by Crippen LogP contribution is -2.47. The molecule has 0 bridgehead atoms. The Balaban J connectivity index is 2.06. The number of aliphatic imine (C=N–C) groups is 1. The molecule has 8 heteroatoms. The second-order valence-corrected chi connectivity index (χ2v) is 13.8. The summed E-state index contributed by atoms with van der Waals surface area (Å²) in [7, 11) is -1.92. The van der Waals surface area contributed by atoms with Gasteiger partial charge in [-0.3, -0.25) is 9.67 Å². The minimum absolute atomic E-state index is 0.0362. The Morgan fingerprint density at radius 1 is 1.03 bits per heavy atom. The summed E-state index contributed by atoms with van der Waals surface area (Å²) in [6.45, 7) is 20.5. The maximum Gasteiger partial charge on any atom is 0.244 e. The standard InChI is InChI=1S/C23H39N5O2S/c1-21(2,3)18-17-11-15(26-31(29,30)16-12-24-27(10)14-16)13-28(17)20(23(7,8)9)25-19(18)22(4,5)6/h12,14-15,19,26H,11,13H2,1-10H3. The van der Waals surface area contributed by atoms with Crippen LogP contribution >= 0.6 is 0 Å². The molecule has 3 heterocycles. The zero-order chi connectivity index (χ0) is 23.6. The van der Waals surface area contributed by atoms with Crippen LogP contribution in [0, 0.1) is 16.2 Å². The number of rotatable bonds is 3. The summed E-state index contributed by atoms with van der Waals surface area (Å²) < 4.78 is 30.3. The van der Waals surface area contributed by atoms with Crippen molar-refractivity contribution < 1.29 is 8.42 Å². The molecule has 1 saturated heterocycles. The van der Waals surface area contributed by atoms with Gasteiger partial charge in [0.25, 0.3) is 0 Å². The van der Waals surface area contributed by atoms with Crippen molar-refractivity contribution >= 4 is 15.9 Å². The molecular formula is C23H39N5O2S. The highest BCUT2D eigenvalue weighted by Crippen LogP contribution is 2.47. The predicted molar refractivity (Wildman–Crippen MR) is 125 cm³/mol. The molecule has 1 fully saturated rings. The summed E-state index contributed by atoms with van der Waals surface area (Å²) in [4.78, 5) is 7.77. The second-order valence-electron chi connectivity index (χ2n) is 12.1. The van der Waals surface area contributed by atoms with Gasteiger partial charge in [0.05, 0.1) is 12.2 Å². The Labute approximate surface area is 188 Å². The van der Waals surface area contributed by atoms with E-state index in [-0.39, 0.29) is 33.2 Å². The number of nitrogens with zero attached hydrogens (tertiary/aromatic N) is 4. The monoisotopic (exact) mass is 449 g/mol. The molecule has 174 valence electrons. The van der Waals surface area contributed by atoms with Crippen molar-refractivity contribution in [2.45, 2.75) is 85.7 Å². The number of amidine groups is 1. The smallest absolute Gasteiger partial charge is 0.244 e. The lowest BCUT2D eigenvalue weighted by Gasteiger charge is -2.45. The first-order valence-corrected chi connectivity index (χ1v) is 12.5. The molecule has 0 amide bonds. The van der Waals surface area contributed by atoms with Crippen molar-refractivity contribution in [1.82, 2.24) is 19.4 Å². The van der Waals surface area contributed by atoms with Gasteiger partial charge in [-0.25, -0.2) is 13.1 Å². The fraction of sp³-hybridized carbons (Fsp3) is 0.739. The third-order valence-corrected chi connectivity index (χ3v) is 7.35. The number of fused-ring (bicyclic) bond motifs is 1. The molecule has 3 rings (SSSR count). The van der Waals surface area contributed by atoms with E-state index in [0.717, 1.165) is 5.84 Å². The van der Waals surface area contributed by atoms with Gasteiger partial charge >= 0.3 is 0 Å². The predicted octanol–water partition coefficient (Wildman–Crippen LogP) is 3.95. The van der Waals surface area contributed by atoms with E-state index in [1.807, 2.05) is 0 Å². The van der Waals surface area contributed by atoms with Crippen LogP contribution in [0.2, 0.25) is 0 Å². The summed E-state index contributed by atoms with van der Waals surface area (Å²) in [6, 6.07) is -0.162. The van der Waals surface area contributed by atoms with E-state index < -0.39 is 10.0 Å². The molecule has 31 heavy (non-hydrogen) atoms. The van der Waals surface area contributed by atoms with E-state index in [0.29, 0.717) is 13.0 Å². The summed E-state index contributed by atoms with van der Waals surface area (Å²) in [6.07, 6.45) is 3.58. The number of hydrogen-bond donors (Lipinski definition) is 1. The number of hydrogen-bond acceptors (Lipinski definition) is 5. The van der Waals surface area contributed by atoms with Crippen LogP contribution in [-0.2, 0) is 17.1 Å². The molecule has 2 unspecified atom stereocenters. The number of aryl methyl sites for hydroxylation is 1. The Kier molecular flexibility index (Phi) is 5.76. The van der Waals surface area contributed by atoms with Gasteiger partial charge in [0.15, 0.2) is 0 Å². The molecule has 2 atom stereocenters. The van der Waals surface area contributed by atoms with E-state index >= 15 is 0 Å². The molecule has 0 aliphatic carbocycles. The van der Waals surface area contributed by atoms with Gasteiger partial charge < -0.3 is 4.90 Å². The highest BCUT2D eigenvalue weighted by molar-refractivity contribution is 7.89. The van der Waals surface area contributed by atoms with Crippen LogP contribution in [0.4, 0.5) is 0 Å². The van der Waals surface area contributed by atoms with Crippen LogP contribution in [0.5, 0.6) is 0 Å². The molecule has 0 aromatic carbocycles. The first-order chi connectivity index (χ1) is 13.9. The first-order valence-electron chi connectivity index (χ1n) is 11.0. The molecular weight excluding hydrogens is 410 g/mol. The second kappa shape index (κ2) is 7.44. The zero-order valence-electron chi connectivity index (χ0n) is 20.7. The summed E-state index contributed by atoms with van der Waals surface area (Å²) in [5.74, 6) is 1.04. The molecule has 0 spiro atoms. The Bertz CT molecular complexity index is 1010. The van der Waals surface area contributed by atoms with E-state index in [4.69, 9.17) is 4.99 Å². The van der Waals surface area contributed by atoms with Crippen LogP contribution in [0.1, 0.15) is 68.7 Å². The topological polar surface area (TPSA) is 79.6 Å². The minimum Gasteiger partial charge on any atom is -0.332 e. The van der Waals surface area contributed by atoms with E-state index in [9.17, 15) is 8.42 Å². The van der Waals surface area contributed by atoms with Crippen LogP contribution < -0.4 is 4.72 Å². The normalized spacial score (nSPS) is 23.3. The van der Waals surface area contributed by atoms with E-state index in [1.54, 1.807) is 7.05 Å². The lowest BCUT2D eigenvalue weighted by atomic mass is 9.70.